The zero-order chi connectivity index (χ0) is 18.6. The van der Waals surface area contributed by atoms with E-state index in [4.69, 9.17) is 23.2 Å². The van der Waals surface area contributed by atoms with Crippen LogP contribution in [0.4, 0.5) is 0 Å². The lowest BCUT2D eigenvalue weighted by molar-refractivity contribution is 0.298. The van der Waals surface area contributed by atoms with Gasteiger partial charge < -0.3 is 20.1 Å². The van der Waals surface area contributed by atoms with Crippen LogP contribution in [0, 0.1) is 0 Å². The second-order valence-corrected chi connectivity index (χ2v) is 6.83. The third-order valence-electron chi connectivity index (χ3n) is 4.07. The minimum absolute atomic E-state index is 0. The van der Waals surface area contributed by atoms with Gasteiger partial charge in [0.15, 0.2) is 5.96 Å². The Morgan fingerprint density at radius 1 is 1.31 bits per heavy atom. The molecule has 10 heteroatoms. The number of halogens is 3. The predicted molar refractivity (Wildman–Crippen MR) is 119 cm³/mol. The number of aryl methyl sites for hydroxylation is 1. The highest BCUT2D eigenvalue weighted by Crippen LogP contribution is 2.24. The van der Waals surface area contributed by atoms with Gasteiger partial charge in [0, 0.05) is 45.1 Å². The molecule has 0 saturated carbocycles. The molecule has 0 aliphatic carbocycles. The van der Waals surface area contributed by atoms with Gasteiger partial charge in [0.1, 0.15) is 5.15 Å². The molecule has 0 aliphatic rings. The van der Waals surface area contributed by atoms with E-state index >= 15 is 0 Å². The van der Waals surface area contributed by atoms with Gasteiger partial charge in [0.05, 0.1) is 23.8 Å². The van der Waals surface area contributed by atoms with Crippen LogP contribution in [0.5, 0.6) is 0 Å². The molecular weight excluding hydrogens is 488 g/mol. The molecule has 146 valence electrons. The second kappa shape index (κ2) is 10.4. The Hall–Kier alpha value is -0.970. The minimum Gasteiger partial charge on any atom is -0.354 e. The summed E-state index contributed by atoms with van der Waals surface area (Å²) in [5.74, 6) is 0.712. The van der Waals surface area contributed by atoms with E-state index in [0.717, 1.165) is 11.3 Å². The van der Waals surface area contributed by atoms with E-state index < -0.39 is 0 Å². The molecule has 2 heterocycles. The molecule has 0 fully saturated rings. The first-order valence-corrected chi connectivity index (χ1v) is 8.68. The number of aliphatic imine (C=N–C) groups is 1. The summed E-state index contributed by atoms with van der Waals surface area (Å²) in [5, 5.41) is 12.0. The van der Waals surface area contributed by atoms with Gasteiger partial charge in [-0.2, -0.15) is 5.10 Å². The van der Waals surface area contributed by atoms with Crippen molar-refractivity contribution in [1.29, 1.82) is 0 Å². The summed E-state index contributed by atoms with van der Waals surface area (Å²) in [6.45, 7) is 1.27. The second-order valence-electron chi connectivity index (χ2n) is 6.07. The van der Waals surface area contributed by atoms with E-state index in [0.29, 0.717) is 29.2 Å². The normalized spacial score (nSPS) is 12.8. The van der Waals surface area contributed by atoms with E-state index in [1.807, 2.05) is 55.9 Å². The fourth-order valence-corrected chi connectivity index (χ4v) is 2.97. The predicted octanol–water partition coefficient (Wildman–Crippen LogP) is 2.65. The van der Waals surface area contributed by atoms with Gasteiger partial charge in [-0.15, -0.1) is 24.0 Å². The maximum Gasteiger partial charge on any atom is 0.191 e. The number of hydrogen-bond acceptors (Lipinski definition) is 3. The number of rotatable bonds is 6. The van der Waals surface area contributed by atoms with Gasteiger partial charge in [0.25, 0.3) is 0 Å². The van der Waals surface area contributed by atoms with Gasteiger partial charge >= 0.3 is 0 Å². The summed E-state index contributed by atoms with van der Waals surface area (Å²) in [6.07, 6.45) is 3.91. The van der Waals surface area contributed by atoms with E-state index in [1.165, 1.54) is 0 Å². The lowest BCUT2D eigenvalue weighted by Gasteiger charge is -2.24. The van der Waals surface area contributed by atoms with Crippen LogP contribution in [0.25, 0.3) is 0 Å². The largest absolute Gasteiger partial charge is 0.354 e. The van der Waals surface area contributed by atoms with Crippen molar-refractivity contribution >= 4 is 53.1 Å². The summed E-state index contributed by atoms with van der Waals surface area (Å²) < 4.78 is 3.66. The monoisotopic (exact) mass is 513 g/mol. The lowest BCUT2D eigenvalue weighted by atomic mass is 10.1. The van der Waals surface area contributed by atoms with Gasteiger partial charge in [-0.25, -0.2) is 0 Å². The van der Waals surface area contributed by atoms with Gasteiger partial charge in [-0.1, -0.05) is 23.2 Å². The number of nitrogens with zero attached hydrogens (tertiary/aromatic N) is 5. The number of guanidine groups is 1. The molecule has 2 aromatic rings. The first-order chi connectivity index (χ1) is 11.8. The Balaban J connectivity index is 0.00000338. The molecule has 0 aromatic carbocycles. The molecule has 0 radical (unpaired) electrons. The molecule has 1 unspecified atom stereocenters. The topological polar surface area (TPSA) is 62.4 Å². The number of likely N-dealkylation sites (N-methyl/N-ethyl adjacent to an activating group) is 1. The molecule has 0 aliphatic heterocycles. The standard InChI is InChI=1S/C16H25Cl2N7.HI/c1-19-16(20-8-12-6-13(17)15(18)25(12)5)21-9-14(23(2)3)11-7-22-24(4)10-11;/h6-7,10,14H,8-9H2,1-5H3,(H2,19,20,21);1H. The van der Waals surface area contributed by atoms with Crippen LogP contribution in [0.3, 0.4) is 0 Å². The Bertz CT molecular complexity index is 739. The zero-order valence-corrected chi connectivity index (χ0v) is 19.5. The fourth-order valence-electron chi connectivity index (χ4n) is 2.56. The number of aromatic nitrogens is 3. The van der Waals surface area contributed by atoms with Crippen molar-refractivity contribution in [1.82, 2.24) is 29.9 Å². The third-order valence-corrected chi connectivity index (χ3v) is 4.91. The quantitative estimate of drug-likeness (QED) is 0.354. The van der Waals surface area contributed by atoms with Crippen LogP contribution >= 0.6 is 47.2 Å². The Kier molecular flexibility index (Phi) is 9.22. The Labute approximate surface area is 181 Å². The van der Waals surface area contributed by atoms with Crippen LogP contribution in [0.2, 0.25) is 10.2 Å². The zero-order valence-electron chi connectivity index (χ0n) is 15.6. The molecule has 2 aromatic heterocycles. The molecule has 0 saturated heterocycles. The van der Waals surface area contributed by atoms with Gasteiger partial charge in [-0.3, -0.25) is 9.67 Å². The van der Waals surface area contributed by atoms with E-state index in [9.17, 15) is 0 Å². The molecule has 0 spiro atoms. The highest BCUT2D eigenvalue weighted by atomic mass is 127. The van der Waals surface area contributed by atoms with Crippen molar-refractivity contribution in [2.24, 2.45) is 19.1 Å². The van der Waals surface area contributed by atoms with Crippen LogP contribution in [-0.4, -0.2) is 52.9 Å². The first-order valence-electron chi connectivity index (χ1n) is 7.92. The number of hydrogen-bond donors (Lipinski definition) is 2. The van der Waals surface area contributed by atoms with Crippen molar-refractivity contribution in [3.8, 4) is 0 Å². The van der Waals surface area contributed by atoms with Gasteiger partial charge in [0.2, 0.25) is 0 Å². The van der Waals surface area contributed by atoms with Gasteiger partial charge in [-0.05, 0) is 20.2 Å². The molecule has 0 amide bonds. The van der Waals surface area contributed by atoms with Crippen LogP contribution in [0.15, 0.2) is 23.5 Å². The SMILES string of the molecule is CN=C(NCc1cc(Cl)c(Cl)n1C)NCC(c1cnn(C)c1)N(C)C.I. The molecule has 2 N–H and O–H groups in total. The highest BCUT2D eigenvalue weighted by Gasteiger charge is 2.16. The fraction of sp³-hybridized carbons (Fsp3) is 0.500. The molecule has 2 rings (SSSR count). The maximum absolute atomic E-state index is 6.10. The Morgan fingerprint density at radius 3 is 2.46 bits per heavy atom. The summed E-state index contributed by atoms with van der Waals surface area (Å²) in [7, 11) is 9.63. The lowest BCUT2D eigenvalue weighted by Crippen LogP contribution is -2.41. The van der Waals surface area contributed by atoms with Crippen LogP contribution in [-0.2, 0) is 20.6 Å². The highest BCUT2D eigenvalue weighted by molar-refractivity contribution is 14.0. The number of nitrogens with one attached hydrogen (secondary N) is 2. The molecular formula is C16H26Cl2IN7. The summed E-state index contributed by atoms with van der Waals surface area (Å²) in [5.41, 5.74) is 2.13. The van der Waals surface area contributed by atoms with Crippen molar-refractivity contribution in [2.75, 3.05) is 27.7 Å². The average Bonchev–Trinajstić information content (AvgIpc) is 3.09. The smallest absolute Gasteiger partial charge is 0.191 e. The van der Waals surface area contributed by atoms with E-state index in [-0.39, 0.29) is 30.0 Å². The Morgan fingerprint density at radius 2 is 2.00 bits per heavy atom. The van der Waals surface area contributed by atoms with Crippen molar-refractivity contribution < 1.29 is 0 Å². The minimum atomic E-state index is 0. The van der Waals surface area contributed by atoms with Crippen molar-refractivity contribution in [3.63, 3.8) is 0 Å². The molecule has 1 atom stereocenters. The summed E-state index contributed by atoms with van der Waals surface area (Å²) in [4.78, 5) is 6.42. The van der Waals surface area contributed by atoms with Crippen LogP contribution in [0.1, 0.15) is 17.3 Å². The molecule has 26 heavy (non-hydrogen) atoms. The first kappa shape index (κ1) is 23.1. The summed E-state index contributed by atoms with van der Waals surface area (Å²) >= 11 is 12.2. The molecule has 7 nitrogen and oxygen atoms in total. The maximum atomic E-state index is 6.10. The van der Waals surface area contributed by atoms with Crippen molar-refractivity contribution in [2.45, 2.75) is 12.6 Å². The van der Waals surface area contributed by atoms with E-state index in [2.05, 4.69) is 25.6 Å². The van der Waals surface area contributed by atoms with Crippen LogP contribution < -0.4 is 10.6 Å². The van der Waals surface area contributed by atoms with E-state index in [1.54, 1.807) is 7.05 Å². The van der Waals surface area contributed by atoms with Crippen molar-refractivity contribution in [3.05, 3.63) is 39.9 Å². The average molecular weight is 514 g/mol. The third kappa shape index (κ3) is 5.77. The molecule has 0 bridgehead atoms. The summed E-state index contributed by atoms with van der Waals surface area (Å²) in [6, 6.07) is 2.04.